The Kier molecular flexibility index (Phi) is 5.26. The molecule has 1 aliphatic heterocycles. The van der Waals surface area contributed by atoms with Crippen LogP contribution in [0.1, 0.15) is 48.1 Å². The van der Waals surface area contributed by atoms with E-state index in [9.17, 15) is 27.9 Å². The minimum Gasteiger partial charge on any atom is -0.476 e. The molecule has 2 rings (SSSR count). The first-order valence-corrected chi connectivity index (χ1v) is 8.60. The summed E-state index contributed by atoms with van der Waals surface area (Å²) < 4.78 is 44.5. The summed E-state index contributed by atoms with van der Waals surface area (Å²) >= 11 is 0.233. The van der Waals surface area contributed by atoms with Gasteiger partial charge in [-0.25, -0.2) is 14.6 Å². The Hall–Kier alpha value is -1.88. The zero-order valence-corrected chi connectivity index (χ0v) is 15.5. The number of nitrogens with one attached hydrogen (secondary N) is 1. The number of halogens is 3. The maximum absolute atomic E-state index is 13.0. The van der Waals surface area contributed by atoms with Gasteiger partial charge in [0.05, 0.1) is 10.4 Å². The number of thiazole rings is 1. The lowest BCUT2D eigenvalue weighted by atomic mass is 9.94. The number of carbonyl (C=O) groups is 2. The number of aromatic nitrogens is 1. The van der Waals surface area contributed by atoms with Crippen molar-refractivity contribution in [3.63, 3.8) is 0 Å². The summed E-state index contributed by atoms with van der Waals surface area (Å²) in [4.78, 5) is 28.4. The van der Waals surface area contributed by atoms with Crippen molar-refractivity contribution in [2.75, 3.05) is 19.6 Å². The second kappa shape index (κ2) is 6.69. The van der Waals surface area contributed by atoms with E-state index in [2.05, 4.69) is 10.3 Å². The largest absolute Gasteiger partial charge is 0.476 e. The predicted molar refractivity (Wildman–Crippen MR) is 87.2 cm³/mol. The minimum atomic E-state index is -4.78. The van der Waals surface area contributed by atoms with Gasteiger partial charge in [-0.15, -0.1) is 11.3 Å². The molecule has 1 unspecified atom stereocenters. The lowest BCUT2D eigenvalue weighted by Gasteiger charge is -2.44. The van der Waals surface area contributed by atoms with E-state index in [4.69, 9.17) is 4.74 Å². The van der Waals surface area contributed by atoms with Gasteiger partial charge < -0.3 is 15.2 Å². The molecule has 1 amide bonds. The first-order chi connectivity index (χ1) is 11.8. The van der Waals surface area contributed by atoms with Crippen LogP contribution in [0.15, 0.2) is 0 Å². The van der Waals surface area contributed by atoms with Gasteiger partial charge >= 0.3 is 18.2 Å². The first kappa shape index (κ1) is 20.4. The van der Waals surface area contributed by atoms with Crippen molar-refractivity contribution in [3.05, 3.63) is 15.6 Å². The monoisotopic (exact) mass is 395 g/mol. The normalized spacial score (nSPS) is 21.6. The van der Waals surface area contributed by atoms with Crippen LogP contribution in [0.3, 0.4) is 0 Å². The predicted octanol–water partition coefficient (Wildman–Crippen LogP) is 2.92. The van der Waals surface area contributed by atoms with E-state index in [0.29, 0.717) is 6.54 Å². The molecular formula is C15H20F3N3O4S. The topological polar surface area (TPSA) is 91.8 Å². The fourth-order valence-electron chi connectivity index (χ4n) is 2.63. The van der Waals surface area contributed by atoms with Gasteiger partial charge in [0.2, 0.25) is 0 Å². The molecule has 0 bridgehead atoms. The highest BCUT2D eigenvalue weighted by atomic mass is 32.1. The molecule has 2 N–H and O–H groups in total. The van der Waals surface area contributed by atoms with E-state index in [-0.39, 0.29) is 29.3 Å². The molecule has 1 aromatic rings. The van der Waals surface area contributed by atoms with Crippen molar-refractivity contribution >= 4 is 23.4 Å². The molecule has 0 aromatic carbocycles. The molecule has 7 nitrogen and oxygen atoms in total. The number of hydrogen-bond acceptors (Lipinski definition) is 6. The molecular weight excluding hydrogens is 375 g/mol. The molecule has 1 atom stereocenters. The van der Waals surface area contributed by atoms with Crippen molar-refractivity contribution < 1.29 is 32.6 Å². The van der Waals surface area contributed by atoms with Crippen LogP contribution in [0.4, 0.5) is 18.0 Å². The Morgan fingerprint density at radius 2 is 1.96 bits per heavy atom. The Labute approximate surface area is 152 Å². The van der Waals surface area contributed by atoms with Crippen molar-refractivity contribution in [2.24, 2.45) is 0 Å². The summed E-state index contributed by atoms with van der Waals surface area (Å²) in [6, 6.07) is 0. The van der Waals surface area contributed by atoms with Crippen molar-refractivity contribution in [2.45, 2.75) is 45.0 Å². The van der Waals surface area contributed by atoms with Crippen LogP contribution >= 0.6 is 11.3 Å². The Morgan fingerprint density at radius 3 is 2.46 bits per heavy atom. The SMILES string of the molecule is CC(C)(C)OC(=O)N1CCNCC1(C)c1sc(C(F)(F)F)nc1C(=O)O. The van der Waals surface area contributed by atoms with Gasteiger partial charge in [-0.3, -0.25) is 4.90 Å². The minimum absolute atomic E-state index is 0.0754. The average molecular weight is 395 g/mol. The van der Waals surface area contributed by atoms with Crippen LogP contribution in [0.5, 0.6) is 0 Å². The molecule has 1 fully saturated rings. The van der Waals surface area contributed by atoms with Crippen LogP contribution in [-0.2, 0) is 16.5 Å². The number of alkyl halides is 3. The Morgan fingerprint density at radius 1 is 1.35 bits per heavy atom. The Balaban J connectivity index is 2.53. The number of nitrogens with zero attached hydrogens (tertiary/aromatic N) is 2. The maximum atomic E-state index is 13.0. The second-order valence-corrected chi connectivity index (χ2v) is 8.08. The number of ether oxygens (including phenoxy) is 1. The lowest BCUT2D eigenvalue weighted by molar-refractivity contribution is -0.137. The highest BCUT2D eigenvalue weighted by molar-refractivity contribution is 7.12. The van der Waals surface area contributed by atoms with Crippen LogP contribution in [0, 0.1) is 0 Å². The molecule has 0 spiro atoms. The van der Waals surface area contributed by atoms with Crippen molar-refractivity contribution in [1.29, 1.82) is 0 Å². The van der Waals surface area contributed by atoms with E-state index in [1.165, 1.54) is 11.8 Å². The number of hydrogen-bond donors (Lipinski definition) is 2. The van der Waals surface area contributed by atoms with Gasteiger partial charge in [0.15, 0.2) is 10.7 Å². The van der Waals surface area contributed by atoms with E-state index in [0.717, 1.165) is 0 Å². The fraction of sp³-hybridized carbons (Fsp3) is 0.667. The van der Waals surface area contributed by atoms with Crippen LogP contribution in [0.25, 0.3) is 0 Å². The number of carboxylic acids is 1. The number of amides is 1. The summed E-state index contributed by atoms with van der Waals surface area (Å²) in [5.41, 5.74) is -2.85. The average Bonchev–Trinajstić information content (AvgIpc) is 2.91. The maximum Gasteiger partial charge on any atom is 0.443 e. The van der Waals surface area contributed by atoms with E-state index in [1.54, 1.807) is 20.8 Å². The third kappa shape index (κ3) is 4.09. The summed E-state index contributed by atoms with van der Waals surface area (Å²) in [5, 5.41) is 11.1. The van der Waals surface area contributed by atoms with Gasteiger partial charge in [0.1, 0.15) is 5.60 Å². The molecule has 1 aliphatic rings. The van der Waals surface area contributed by atoms with Crippen LogP contribution < -0.4 is 5.32 Å². The molecule has 1 aromatic heterocycles. The summed E-state index contributed by atoms with van der Waals surface area (Å²) in [5.74, 6) is -1.58. The third-order valence-corrected chi connectivity index (χ3v) is 5.11. The highest BCUT2D eigenvalue weighted by Crippen LogP contribution is 2.41. The van der Waals surface area contributed by atoms with Gasteiger partial charge in [-0.05, 0) is 27.7 Å². The highest BCUT2D eigenvalue weighted by Gasteiger charge is 2.47. The summed E-state index contributed by atoms with van der Waals surface area (Å²) in [7, 11) is 0. The summed E-state index contributed by atoms with van der Waals surface area (Å²) in [6.07, 6.45) is -5.50. The number of aromatic carboxylic acids is 1. The lowest BCUT2D eigenvalue weighted by Crippen LogP contribution is -2.60. The van der Waals surface area contributed by atoms with Crippen LogP contribution in [0.2, 0.25) is 0 Å². The molecule has 2 heterocycles. The van der Waals surface area contributed by atoms with E-state index >= 15 is 0 Å². The Bertz CT molecular complexity index is 714. The molecule has 11 heteroatoms. The van der Waals surface area contributed by atoms with Gasteiger partial charge in [-0.2, -0.15) is 13.2 Å². The molecule has 0 radical (unpaired) electrons. The van der Waals surface area contributed by atoms with Gasteiger partial charge in [-0.1, -0.05) is 0 Å². The third-order valence-electron chi connectivity index (χ3n) is 3.75. The molecule has 26 heavy (non-hydrogen) atoms. The number of rotatable bonds is 2. The van der Waals surface area contributed by atoms with Crippen molar-refractivity contribution in [3.8, 4) is 0 Å². The fourth-order valence-corrected chi connectivity index (χ4v) is 3.71. The molecule has 0 aliphatic carbocycles. The number of carboxylic acid groups (broad SMARTS) is 1. The van der Waals surface area contributed by atoms with Crippen molar-refractivity contribution in [1.82, 2.24) is 15.2 Å². The quantitative estimate of drug-likeness (QED) is 0.800. The second-order valence-electron chi connectivity index (χ2n) is 7.08. The van der Waals surface area contributed by atoms with E-state index < -0.39 is 40.1 Å². The first-order valence-electron chi connectivity index (χ1n) is 7.79. The van der Waals surface area contributed by atoms with Gasteiger partial charge in [0, 0.05) is 19.6 Å². The zero-order chi connectivity index (χ0) is 19.9. The standard InChI is InChI=1S/C15H20F3N3O4S/c1-13(2,3)25-12(24)21-6-5-19-7-14(21,4)9-8(10(22)23)20-11(26-9)15(16,17)18/h19H,5-7H2,1-4H3,(H,22,23). The summed E-state index contributed by atoms with van der Waals surface area (Å²) in [6.45, 7) is 7.14. The molecule has 0 saturated carbocycles. The van der Waals surface area contributed by atoms with Gasteiger partial charge in [0.25, 0.3) is 0 Å². The number of carbonyl (C=O) groups excluding carboxylic acids is 1. The molecule has 1 saturated heterocycles. The molecule has 146 valence electrons. The zero-order valence-electron chi connectivity index (χ0n) is 14.7. The van der Waals surface area contributed by atoms with Crippen LogP contribution in [-0.4, -0.2) is 52.3 Å². The smallest absolute Gasteiger partial charge is 0.443 e. The number of piperazine rings is 1. The van der Waals surface area contributed by atoms with E-state index in [1.807, 2.05) is 0 Å².